The van der Waals surface area contributed by atoms with Crippen LogP contribution in [-0.4, -0.2) is 14.7 Å². The Kier molecular flexibility index (Phi) is 1.09. The zero-order valence-corrected chi connectivity index (χ0v) is 3.09. The van der Waals surface area contributed by atoms with Gasteiger partial charge in [0.15, 0.2) is 0 Å². The summed E-state index contributed by atoms with van der Waals surface area (Å²) >= 11 is 0. The minimum Gasteiger partial charge on any atom is -0.303 e. The zero-order valence-electron chi connectivity index (χ0n) is 2.20. The molecule has 0 rings (SSSR count). The first-order valence-corrected chi connectivity index (χ1v) is 2.35. The highest BCUT2D eigenvalue weighted by atomic mass is 31.2. The van der Waals surface area contributed by atoms with E-state index < -0.39 is 7.82 Å². The van der Waals surface area contributed by atoms with Gasteiger partial charge in [0.1, 0.15) is 0 Å². The topological polar surface area (TPSA) is 77.8 Å². The monoisotopic (exact) mass is 100.0 g/mol. The van der Waals surface area contributed by atoms with E-state index in [0.29, 0.717) is 0 Å². The van der Waals surface area contributed by atoms with Crippen molar-refractivity contribution in [3.63, 3.8) is 0 Å². The predicted octanol–water partition coefficient (Wildman–Crippen LogP) is -0.683. The summed E-state index contributed by atoms with van der Waals surface area (Å²) in [6.07, 6.45) is 0. The Labute approximate surface area is 29.8 Å². The standard InChI is InChI=1S/H3O4P.H2/c1-5(2,3)4;/h(H3,1,2,3,4);1H. The molecule has 0 atom stereocenters. The Morgan fingerprint density at radius 3 is 1.40 bits per heavy atom. The number of rotatable bonds is 0. The van der Waals surface area contributed by atoms with Crippen LogP contribution in [0.4, 0.5) is 0 Å². The summed E-state index contributed by atoms with van der Waals surface area (Å²) in [6, 6.07) is 0. The molecular formula is H5O4P. The van der Waals surface area contributed by atoms with E-state index in [0.717, 1.165) is 0 Å². The lowest BCUT2D eigenvalue weighted by atomic mass is 15.8. The van der Waals surface area contributed by atoms with Crippen LogP contribution in [0, 0.1) is 0 Å². The molecule has 0 radical (unpaired) electrons. The summed E-state index contributed by atoms with van der Waals surface area (Å²) in [5.74, 6) is 0. The van der Waals surface area contributed by atoms with E-state index in [1.807, 2.05) is 0 Å². The first-order chi connectivity index (χ1) is 2.00. The maximum absolute atomic E-state index is 8.88. The van der Waals surface area contributed by atoms with Crippen molar-refractivity contribution < 1.29 is 20.7 Å². The lowest BCUT2D eigenvalue weighted by Crippen LogP contribution is -1.66. The van der Waals surface area contributed by atoms with Crippen molar-refractivity contribution >= 4 is 7.82 Å². The van der Waals surface area contributed by atoms with Crippen molar-refractivity contribution in [2.75, 3.05) is 0 Å². The van der Waals surface area contributed by atoms with Crippen LogP contribution < -0.4 is 0 Å². The van der Waals surface area contributed by atoms with Crippen LogP contribution in [0.2, 0.25) is 0 Å². The Bertz CT molecular complexity index is 53.7. The SMILES string of the molecule is O=P(O)(O)O.[HH]. The van der Waals surface area contributed by atoms with Crippen LogP contribution in [0.25, 0.3) is 0 Å². The third kappa shape index (κ3) is 1510. The molecule has 0 saturated heterocycles. The highest BCUT2D eigenvalue weighted by Gasteiger charge is 2.00. The van der Waals surface area contributed by atoms with Gasteiger partial charge in [-0.15, -0.1) is 0 Å². The molecule has 0 aliphatic rings. The molecule has 0 aromatic carbocycles. The van der Waals surface area contributed by atoms with Gasteiger partial charge in [-0.2, -0.15) is 0 Å². The molecule has 5 heavy (non-hydrogen) atoms. The fourth-order valence-corrected chi connectivity index (χ4v) is 0. The molecule has 0 saturated carbocycles. The van der Waals surface area contributed by atoms with Gasteiger partial charge in [0, 0.05) is 1.43 Å². The summed E-state index contributed by atoms with van der Waals surface area (Å²) in [7, 11) is -4.64. The van der Waals surface area contributed by atoms with Crippen molar-refractivity contribution in [2.45, 2.75) is 0 Å². The van der Waals surface area contributed by atoms with Crippen LogP contribution in [-0.2, 0) is 4.57 Å². The largest absolute Gasteiger partial charge is 0.466 e. The molecule has 0 bridgehead atoms. The van der Waals surface area contributed by atoms with Gasteiger partial charge in [-0.3, -0.25) is 0 Å². The van der Waals surface area contributed by atoms with Gasteiger partial charge in [0.05, 0.1) is 0 Å². The molecule has 0 amide bonds. The second-order valence-electron chi connectivity index (χ2n) is 0.513. The van der Waals surface area contributed by atoms with Gasteiger partial charge in [0.25, 0.3) is 0 Å². The molecule has 34 valence electrons. The molecule has 0 aliphatic heterocycles. The van der Waals surface area contributed by atoms with Gasteiger partial charge in [-0.05, 0) is 0 Å². The lowest BCUT2D eigenvalue weighted by Gasteiger charge is -1.82. The highest BCUT2D eigenvalue weighted by molar-refractivity contribution is 7.45. The van der Waals surface area contributed by atoms with Crippen molar-refractivity contribution in [3.8, 4) is 0 Å². The van der Waals surface area contributed by atoms with Gasteiger partial charge >= 0.3 is 7.82 Å². The number of hydrogen-bond acceptors (Lipinski definition) is 1. The number of hydrogen-bond donors (Lipinski definition) is 3. The lowest BCUT2D eigenvalue weighted by molar-refractivity contribution is 0.275. The van der Waals surface area contributed by atoms with Crippen LogP contribution >= 0.6 is 7.82 Å². The summed E-state index contributed by atoms with van der Waals surface area (Å²) < 4.78 is 8.88. The van der Waals surface area contributed by atoms with Crippen molar-refractivity contribution in [3.05, 3.63) is 0 Å². The molecule has 3 N–H and O–H groups in total. The average molecular weight is 100 g/mol. The van der Waals surface area contributed by atoms with Crippen LogP contribution in [0.5, 0.6) is 0 Å². The molecule has 0 heterocycles. The van der Waals surface area contributed by atoms with Gasteiger partial charge < -0.3 is 14.7 Å². The third-order valence-corrected chi connectivity index (χ3v) is 0. The van der Waals surface area contributed by atoms with E-state index in [2.05, 4.69) is 0 Å². The zero-order chi connectivity index (χ0) is 4.50. The smallest absolute Gasteiger partial charge is 0.303 e. The summed E-state index contributed by atoms with van der Waals surface area (Å²) in [4.78, 5) is 21.6. The van der Waals surface area contributed by atoms with Gasteiger partial charge in [-0.1, -0.05) is 0 Å². The molecule has 5 heteroatoms. The second-order valence-corrected chi connectivity index (χ2v) is 1.54. The van der Waals surface area contributed by atoms with Crippen molar-refractivity contribution in [2.24, 2.45) is 0 Å². The fourth-order valence-electron chi connectivity index (χ4n) is 0. The fraction of sp³-hybridized carbons (Fsp3) is 0. The summed E-state index contributed by atoms with van der Waals surface area (Å²) in [6.45, 7) is 0. The van der Waals surface area contributed by atoms with Gasteiger partial charge in [-0.25, -0.2) is 4.57 Å². The Morgan fingerprint density at radius 1 is 1.40 bits per heavy atom. The van der Waals surface area contributed by atoms with E-state index in [-0.39, 0.29) is 1.43 Å². The first kappa shape index (κ1) is 5.11. The quantitative estimate of drug-likeness (QED) is 0.352. The molecule has 0 unspecified atom stereocenters. The van der Waals surface area contributed by atoms with E-state index in [1.165, 1.54) is 0 Å². The molecule has 0 fully saturated rings. The number of phosphoric acid groups is 1. The molecule has 0 aliphatic carbocycles. The summed E-state index contributed by atoms with van der Waals surface area (Å²) in [5.41, 5.74) is 0. The highest BCUT2D eigenvalue weighted by Crippen LogP contribution is 2.25. The Balaban J connectivity index is 0. The van der Waals surface area contributed by atoms with E-state index in [1.54, 1.807) is 0 Å². The minimum atomic E-state index is -4.64. The second kappa shape index (κ2) is 1.06. The Morgan fingerprint density at radius 2 is 1.40 bits per heavy atom. The third-order valence-electron chi connectivity index (χ3n) is 0. The van der Waals surface area contributed by atoms with Crippen LogP contribution in [0.15, 0.2) is 0 Å². The minimum absolute atomic E-state index is 0. The molecule has 0 aromatic heterocycles. The van der Waals surface area contributed by atoms with E-state index >= 15 is 0 Å². The maximum Gasteiger partial charge on any atom is 0.466 e. The van der Waals surface area contributed by atoms with Crippen LogP contribution in [0.1, 0.15) is 1.43 Å². The van der Waals surface area contributed by atoms with Crippen LogP contribution in [0.3, 0.4) is 0 Å². The van der Waals surface area contributed by atoms with Crippen molar-refractivity contribution in [1.29, 1.82) is 0 Å². The maximum atomic E-state index is 8.88. The van der Waals surface area contributed by atoms with Crippen molar-refractivity contribution in [1.82, 2.24) is 0 Å². The Hall–Kier alpha value is 0.110. The molecule has 0 aromatic rings. The molecule has 4 nitrogen and oxygen atoms in total. The predicted molar refractivity (Wildman–Crippen MR) is 16.4 cm³/mol. The van der Waals surface area contributed by atoms with E-state index in [9.17, 15) is 0 Å². The normalized spacial score (nSPS) is 11.8. The average Bonchev–Trinajstić information content (AvgIpc) is 0.722. The first-order valence-electron chi connectivity index (χ1n) is 0.783. The van der Waals surface area contributed by atoms with Gasteiger partial charge in [0.2, 0.25) is 0 Å². The molecule has 0 spiro atoms. The van der Waals surface area contributed by atoms with E-state index in [4.69, 9.17) is 19.2 Å². The summed E-state index contributed by atoms with van der Waals surface area (Å²) in [5, 5.41) is 0. The molecular weight excluding hydrogens is 95.0 g/mol.